The summed E-state index contributed by atoms with van der Waals surface area (Å²) < 4.78 is 0. The monoisotopic (exact) mass is 167 g/mol. The van der Waals surface area contributed by atoms with Crippen LogP contribution in [0.2, 0.25) is 19.6 Å². The summed E-state index contributed by atoms with van der Waals surface area (Å²) in [7, 11) is -1.24. The maximum absolute atomic E-state index is 10.5. The first-order valence-corrected chi connectivity index (χ1v) is 7.29. The average Bonchev–Trinajstić information content (AvgIpc) is 1.75. The summed E-state index contributed by atoms with van der Waals surface area (Å²) in [5.74, 6) is 3.19. The Labute approximate surface area is 68.4 Å². The Hall–Kier alpha value is -0.753. The fourth-order valence-electron chi connectivity index (χ4n) is 0.749. The van der Waals surface area contributed by atoms with E-state index in [1.54, 1.807) is 0 Å². The van der Waals surface area contributed by atoms with E-state index in [-0.39, 0.29) is 11.9 Å². The Balaban J connectivity index is 2.40. The second-order valence-corrected chi connectivity index (χ2v) is 8.59. The van der Waals surface area contributed by atoms with Crippen molar-refractivity contribution in [3.05, 3.63) is 0 Å². The van der Waals surface area contributed by atoms with E-state index in [1.807, 2.05) is 0 Å². The second kappa shape index (κ2) is 2.71. The minimum Gasteiger partial charge on any atom is -0.342 e. The molecule has 0 bridgehead atoms. The number of carbonyl (C=O) groups excluding carboxylic acids is 1. The van der Waals surface area contributed by atoms with Crippen molar-refractivity contribution in [3.8, 4) is 11.5 Å². The van der Waals surface area contributed by atoms with Crippen LogP contribution in [0.1, 0.15) is 6.42 Å². The van der Waals surface area contributed by atoms with Crippen LogP contribution in [0.15, 0.2) is 0 Å². The van der Waals surface area contributed by atoms with E-state index in [0.717, 1.165) is 0 Å². The Kier molecular flexibility index (Phi) is 2.05. The van der Waals surface area contributed by atoms with Gasteiger partial charge in [0.2, 0.25) is 5.91 Å². The highest BCUT2D eigenvalue weighted by molar-refractivity contribution is 6.83. The van der Waals surface area contributed by atoms with Crippen molar-refractivity contribution in [1.82, 2.24) is 5.32 Å². The number of amides is 1. The highest BCUT2D eigenvalue weighted by Gasteiger charge is 2.23. The van der Waals surface area contributed by atoms with E-state index in [1.165, 1.54) is 0 Å². The zero-order valence-corrected chi connectivity index (χ0v) is 8.19. The molecule has 2 nitrogen and oxygen atoms in total. The van der Waals surface area contributed by atoms with Gasteiger partial charge in [-0.15, -0.1) is 5.54 Å². The zero-order valence-electron chi connectivity index (χ0n) is 7.19. The molecule has 1 amide bonds. The molecule has 0 aromatic rings. The molecule has 0 aromatic heterocycles. The zero-order chi connectivity index (χ0) is 8.48. The van der Waals surface area contributed by atoms with Gasteiger partial charge in [0.05, 0.1) is 12.5 Å². The van der Waals surface area contributed by atoms with E-state index in [9.17, 15) is 4.79 Å². The van der Waals surface area contributed by atoms with Gasteiger partial charge >= 0.3 is 0 Å². The molecule has 3 heteroatoms. The van der Waals surface area contributed by atoms with E-state index < -0.39 is 8.07 Å². The minimum absolute atomic E-state index is 0.125. The lowest BCUT2D eigenvalue weighted by Crippen LogP contribution is -2.47. The molecule has 0 aliphatic carbocycles. The first-order chi connectivity index (χ1) is 4.97. The van der Waals surface area contributed by atoms with Crippen LogP contribution in [0.3, 0.4) is 0 Å². The summed E-state index contributed by atoms with van der Waals surface area (Å²) >= 11 is 0. The van der Waals surface area contributed by atoms with Gasteiger partial charge in [0.25, 0.3) is 0 Å². The van der Waals surface area contributed by atoms with Gasteiger partial charge in [-0.05, 0) is 0 Å². The van der Waals surface area contributed by atoms with Crippen molar-refractivity contribution in [2.45, 2.75) is 32.1 Å². The summed E-state index contributed by atoms with van der Waals surface area (Å²) in [4.78, 5) is 10.5. The van der Waals surface area contributed by atoms with E-state index in [2.05, 4.69) is 36.4 Å². The number of β-lactam (4-membered cyclic amide) rings is 1. The van der Waals surface area contributed by atoms with Gasteiger partial charge in [0.1, 0.15) is 8.07 Å². The highest BCUT2D eigenvalue weighted by atomic mass is 28.3. The van der Waals surface area contributed by atoms with Gasteiger partial charge in [0, 0.05) is 0 Å². The van der Waals surface area contributed by atoms with Crippen LogP contribution >= 0.6 is 0 Å². The smallest absolute Gasteiger partial charge is 0.224 e. The Morgan fingerprint density at radius 2 is 2.09 bits per heavy atom. The third-order valence-corrected chi connectivity index (χ3v) is 2.24. The Morgan fingerprint density at radius 1 is 1.55 bits per heavy atom. The largest absolute Gasteiger partial charge is 0.342 e. The maximum Gasteiger partial charge on any atom is 0.224 e. The molecule has 1 aliphatic heterocycles. The molecule has 60 valence electrons. The SMILES string of the molecule is C[Si](C)(C)C#C[C@@H]1CC(=O)N1. The Bertz CT molecular complexity index is 223. The number of rotatable bonds is 0. The third kappa shape index (κ3) is 2.77. The van der Waals surface area contributed by atoms with Crippen LogP contribution in [-0.2, 0) is 4.79 Å². The predicted octanol–water partition coefficient (Wildman–Crippen LogP) is 0.756. The van der Waals surface area contributed by atoms with Crippen LogP contribution in [0.5, 0.6) is 0 Å². The van der Waals surface area contributed by atoms with Crippen molar-refractivity contribution in [3.63, 3.8) is 0 Å². The fraction of sp³-hybridized carbons (Fsp3) is 0.625. The lowest BCUT2D eigenvalue weighted by Gasteiger charge is -2.21. The summed E-state index contributed by atoms with van der Waals surface area (Å²) in [5.41, 5.74) is 3.22. The van der Waals surface area contributed by atoms with Crippen molar-refractivity contribution in [1.29, 1.82) is 0 Å². The van der Waals surface area contributed by atoms with Crippen molar-refractivity contribution < 1.29 is 4.79 Å². The predicted molar refractivity (Wildman–Crippen MR) is 47.7 cm³/mol. The van der Waals surface area contributed by atoms with Crippen LogP contribution in [0.4, 0.5) is 0 Å². The molecule has 0 aromatic carbocycles. The van der Waals surface area contributed by atoms with Crippen LogP contribution in [-0.4, -0.2) is 20.0 Å². The standard InChI is InChI=1S/C8H13NOSi/c1-11(2,3)5-4-7-6-8(10)9-7/h7H,6H2,1-3H3,(H,9,10)/t7-/m1/s1. The first kappa shape index (κ1) is 8.34. The molecule has 1 N–H and O–H groups in total. The summed E-state index contributed by atoms with van der Waals surface area (Å²) in [6.07, 6.45) is 0.595. The molecule has 0 saturated carbocycles. The molecule has 1 fully saturated rings. The van der Waals surface area contributed by atoms with E-state index in [0.29, 0.717) is 6.42 Å². The maximum atomic E-state index is 10.5. The fourth-order valence-corrected chi connectivity index (χ4v) is 1.36. The first-order valence-electron chi connectivity index (χ1n) is 3.79. The van der Waals surface area contributed by atoms with Crippen LogP contribution in [0.25, 0.3) is 0 Å². The molecular formula is C8H13NOSi. The molecule has 1 heterocycles. The van der Waals surface area contributed by atoms with Crippen LogP contribution < -0.4 is 5.32 Å². The summed E-state index contributed by atoms with van der Waals surface area (Å²) in [6, 6.07) is 0.147. The van der Waals surface area contributed by atoms with Gasteiger partial charge in [-0.2, -0.15) is 0 Å². The van der Waals surface area contributed by atoms with E-state index >= 15 is 0 Å². The molecule has 1 saturated heterocycles. The molecule has 1 aliphatic rings. The molecular weight excluding hydrogens is 154 g/mol. The van der Waals surface area contributed by atoms with Crippen molar-refractivity contribution in [2.24, 2.45) is 0 Å². The van der Waals surface area contributed by atoms with Crippen molar-refractivity contribution in [2.75, 3.05) is 0 Å². The van der Waals surface area contributed by atoms with Gasteiger partial charge < -0.3 is 5.32 Å². The second-order valence-electron chi connectivity index (χ2n) is 3.84. The van der Waals surface area contributed by atoms with E-state index in [4.69, 9.17) is 0 Å². The average molecular weight is 167 g/mol. The minimum atomic E-state index is -1.24. The molecule has 0 spiro atoms. The highest BCUT2D eigenvalue weighted by Crippen LogP contribution is 2.03. The molecule has 0 unspecified atom stereocenters. The van der Waals surface area contributed by atoms with Crippen LogP contribution in [0, 0.1) is 11.5 Å². The molecule has 1 rings (SSSR count). The number of hydrogen-bond donors (Lipinski definition) is 1. The van der Waals surface area contributed by atoms with Gasteiger partial charge in [-0.1, -0.05) is 25.6 Å². The Morgan fingerprint density at radius 3 is 2.45 bits per heavy atom. The quantitative estimate of drug-likeness (QED) is 0.322. The molecule has 0 radical (unpaired) electrons. The summed E-state index contributed by atoms with van der Waals surface area (Å²) in [5, 5.41) is 2.72. The number of hydrogen-bond acceptors (Lipinski definition) is 1. The number of nitrogens with one attached hydrogen (secondary N) is 1. The van der Waals surface area contributed by atoms with Gasteiger partial charge in [-0.25, -0.2) is 0 Å². The van der Waals surface area contributed by atoms with Gasteiger partial charge in [0.15, 0.2) is 0 Å². The van der Waals surface area contributed by atoms with Crippen molar-refractivity contribution >= 4 is 14.0 Å². The summed E-state index contributed by atoms with van der Waals surface area (Å²) in [6.45, 7) is 6.58. The molecule has 11 heavy (non-hydrogen) atoms. The lowest BCUT2D eigenvalue weighted by atomic mass is 10.1. The topological polar surface area (TPSA) is 29.1 Å². The lowest BCUT2D eigenvalue weighted by molar-refractivity contribution is -0.126. The van der Waals surface area contributed by atoms with Gasteiger partial charge in [-0.3, -0.25) is 4.79 Å². The normalized spacial score (nSPS) is 22.8. The third-order valence-electron chi connectivity index (χ3n) is 1.35. The molecule has 1 atom stereocenters. The number of carbonyl (C=O) groups is 1.